The molecule has 0 aromatic heterocycles. The second-order valence-corrected chi connectivity index (χ2v) is 7.80. The van der Waals surface area contributed by atoms with Crippen molar-refractivity contribution in [3.05, 3.63) is 71.3 Å². The largest absolute Gasteiger partial charge is 0.497 e. The number of carbonyl (C=O) groups is 1. The van der Waals surface area contributed by atoms with Gasteiger partial charge in [0.1, 0.15) is 5.75 Å². The van der Waals surface area contributed by atoms with Gasteiger partial charge in [-0.3, -0.25) is 4.79 Å². The summed E-state index contributed by atoms with van der Waals surface area (Å²) in [6, 6.07) is 16.7. The molecule has 0 fully saturated rings. The maximum atomic E-state index is 13.4. The number of benzene rings is 2. The van der Waals surface area contributed by atoms with Gasteiger partial charge in [-0.25, -0.2) is 0 Å². The SMILES string of the molecule is COc1ccc(C2=CCN(C(=O)[C@]3(C)CCCc4ccccc43)CC2)cc1. The average molecular weight is 361 g/mol. The minimum absolute atomic E-state index is 0.277. The van der Waals surface area contributed by atoms with Crippen LogP contribution in [0.15, 0.2) is 54.6 Å². The van der Waals surface area contributed by atoms with Gasteiger partial charge >= 0.3 is 0 Å². The van der Waals surface area contributed by atoms with Crippen molar-refractivity contribution in [2.24, 2.45) is 0 Å². The molecule has 0 N–H and O–H groups in total. The molecule has 0 bridgehead atoms. The second-order valence-electron chi connectivity index (χ2n) is 7.80. The zero-order chi connectivity index (χ0) is 18.9. The van der Waals surface area contributed by atoms with Crippen molar-refractivity contribution < 1.29 is 9.53 Å². The minimum atomic E-state index is -0.389. The van der Waals surface area contributed by atoms with Crippen LogP contribution in [0.2, 0.25) is 0 Å². The molecule has 4 rings (SSSR count). The summed E-state index contributed by atoms with van der Waals surface area (Å²) in [5, 5.41) is 0. The average Bonchev–Trinajstić information content (AvgIpc) is 2.74. The smallest absolute Gasteiger partial charge is 0.233 e. The molecule has 0 saturated heterocycles. The van der Waals surface area contributed by atoms with E-state index in [-0.39, 0.29) is 11.3 Å². The molecular weight excluding hydrogens is 334 g/mol. The van der Waals surface area contributed by atoms with Gasteiger partial charge in [-0.05, 0) is 67.0 Å². The predicted molar refractivity (Wildman–Crippen MR) is 109 cm³/mol. The Morgan fingerprint density at radius 3 is 2.56 bits per heavy atom. The van der Waals surface area contributed by atoms with Crippen molar-refractivity contribution in [2.75, 3.05) is 20.2 Å². The first-order valence-electron chi connectivity index (χ1n) is 9.83. The molecule has 1 aliphatic heterocycles. The van der Waals surface area contributed by atoms with Crippen LogP contribution in [0.25, 0.3) is 5.57 Å². The molecule has 2 aromatic rings. The van der Waals surface area contributed by atoms with Crippen LogP contribution in [-0.4, -0.2) is 31.0 Å². The first kappa shape index (κ1) is 17.8. The van der Waals surface area contributed by atoms with E-state index in [1.165, 1.54) is 22.3 Å². The van der Waals surface area contributed by atoms with Crippen LogP contribution < -0.4 is 4.74 Å². The van der Waals surface area contributed by atoms with Crippen molar-refractivity contribution in [1.29, 1.82) is 0 Å². The van der Waals surface area contributed by atoms with E-state index in [9.17, 15) is 4.79 Å². The summed E-state index contributed by atoms with van der Waals surface area (Å²) < 4.78 is 5.24. The highest BCUT2D eigenvalue weighted by Crippen LogP contribution is 2.39. The van der Waals surface area contributed by atoms with Crippen molar-refractivity contribution in [1.82, 2.24) is 4.90 Å². The van der Waals surface area contributed by atoms with E-state index < -0.39 is 0 Å². The second kappa shape index (κ2) is 7.22. The van der Waals surface area contributed by atoms with Crippen LogP contribution >= 0.6 is 0 Å². The molecule has 2 aromatic carbocycles. The van der Waals surface area contributed by atoms with Crippen molar-refractivity contribution >= 4 is 11.5 Å². The van der Waals surface area contributed by atoms with Gasteiger partial charge in [0.15, 0.2) is 0 Å². The van der Waals surface area contributed by atoms with Crippen LogP contribution in [0.1, 0.15) is 42.9 Å². The van der Waals surface area contributed by atoms with Crippen LogP contribution in [0.3, 0.4) is 0 Å². The summed E-state index contributed by atoms with van der Waals surface area (Å²) in [5.41, 5.74) is 4.71. The molecule has 3 heteroatoms. The number of hydrogen-bond acceptors (Lipinski definition) is 2. The molecule has 1 heterocycles. The van der Waals surface area contributed by atoms with Crippen LogP contribution in [0.4, 0.5) is 0 Å². The van der Waals surface area contributed by atoms with Crippen LogP contribution in [0.5, 0.6) is 5.75 Å². The van der Waals surface area contributed by atoms with Gasteiger partial charge < -0.3 is 9.64 Å². The maximum absolute atomic E-state index is 13.4. The third-order valence-electron chi connectivity index (χ3n) is 6.16. The molecule has 1 aliphatic carbocycles. The molecule has 1 atom stereocenters. The lowest BCUT2D eigenvalue weighted by molar-refractivity contribution is -0.137. The number of methoxy groups -OCH3 is 1. The first-order valence-corrected chi connectivity index (χ1v) is 9.83. The number of amides is 1. The fourth-order valence-corrected chi connectivity index (χ4v) is 4.54. The number of carbonyl (C=O) groups excluding carboxylic acids is 1. The van der Waals surface area contributed by atoms with Gasteiger partial charge in [0.25, 0.3) is 0 Å². The summed E-state index contributed by atoms with van der Waals surface area (Å²) in [5.74, 6) is 1.15. The van der Waals surface area contributed by atoms with Crippen LogP contribution in [0, 0.1) is 0 Å². The Balaban J connectivity index is 1.52. The van der Waals surface area contributed by atoms with Crippen LogP contribution in [-0.2, 0) is 16.6 Å². The number of rotatable bonds is 3. The lowest BCUT2D eigenvalue weighted by Gasteiger charge is -2.39. The fourth-order valence-electron chi connectivity index (χ4n) is 4.54. The first-order chi connectivity index (χ1) is 13.1. The Morgan fingerprint density at radius 1 is 1.07 bits per heavy atom. The summed E-state index contributed by atoms with van der Waals surface area (Å²) in [6.45, 7) is 3.61. The summed E-state index contributed by atoms with van der Waals surface area (Å²) in [6.07, 6.45) is 6.21. The predicted octanol–water partition coefficient (Wildman–Crippen LogP) is 4.61. The zero-order valence-electron chi connectivity index (χ0n) is 16.2. The molecule has 0 radical (unpaired) electrons. The number of ether oxygens (including phenoxy) is 1. The highest BCUT2D eigenvalue weighted by atomic mass is 16.5. The maximum Gasteiger partial charge on any atom is 0.233 e. The Morgan fingerprint density at radius 2 is 1.85 bits per heavy atom. The Hall–Kier alpha value is -2.55. The Bertz CT molecular complexity index is 868. The van der Waals surface area contributed by atoms with Crippen molar-refractivity contribution in [3.8, 4) is 5.75 Å². The molecule has 0 spiro atoms. The van der Waals surface area contributed by atoms with E-state index in [2.05, 4.69) is 49.4 Å². The minimum Gasteiger partial charge on any atom is -0.497 e. The molecule has 0 unspecified atom stereocenters. The number of nitrogens with zero attached hydrogens (tertiary/aromatic N) is 1. The third kappa shape index (κ3) is 3.27. The molecular formula is C24H27NO2. The zero-order valence-corrected chi connectivity index (χ0v) is 16.2. The molecule has 2 aliphatic rings. The molecule has 0 saturated carbocycles. The van der Waals surface area contributed by atoms with E-state index in [1.807, 2.05) is 17.0 Å². The van der Waals surface area contributed by atoms with Gasteiger partial charge in [0, 0.05) is 13.1 Å². The van der Waals surface area contributed by atoms with E-state index in [0.29, 0.717) is 6.54 Å². The van der Waals surface area contributed by atoms with E-state index in [1.54, 1.807) is 7.11 Å². The normalized spacial score (nSPS) is 22.0. The van der Waals surface area contributed by atoms with Gasteiger partial charge in [-0.15, -0.1) is 0 Å². The van der Waals surface area contributed by atoms with Crippen molar-refractivity contribution in [3.63, 3.8) is 0 Å². The quantitative estimate of drug-likeness (QED) is 0.799. The number of fused-ring (bicyclic) bond motifs is 1. The van der Waals surface area contributed by atoms with Gasteiger partial charge in [-0.2, -0.15) is 0 Å². The monoisotopic (exact) mass is 361 g/mol. The Labute approximate surface area is 161 Å². The van der Waals surface area contributed by atoms with Crippen molar-refractivity contribution in [2.45, 2.75) is 38.0 Å². The third-order valence-corrected chi connectivity index (χ3v) is 6.16. The number of aryl methyl sites for hydroxylation is 1. The highest BCUT2D eigenvalue weighted by molar-refractivity contribution is 5.89. The fraction of sp³-hybridized carbons (Fsp3) is 0.375. The highest BCUT2D eigenvalue weighted by Gasteiger charge is 2.41. The lowest BCUT2D eigenvalue weighted by atomic mass is 9.70. The van der Waals surface area contributed by atoms with E-state index in [0.717, 1.165) is 38.0 Å². The van der Waals surface area contributed by atoms with E-state index in [4.69, 9.17) is 4.74 Å². The molecule has 3 nitrogen and oxygen atoms in total. The lowest BCUT2D eigenvalue weighted by Crippen LogP contribution is -2.48. The van der Waals surface area contributed by atoms with Gasteiger partial charge in [-0.1, -0.05) is 42.5 Å². The summed E-state index contributed by atoms with van der Waals surface area (Å²) in [4.78, 5) is 15.5. The molecule has 140 valence electrons. The molecule has 27 heavy (non-hydrogen) atoms. The summed E-state index contributed by atoms with van der Waals surface area (Å²) in [7, 11) is 1.68. The standard InChI is InChI=1S/C24H27NO2/c1-24(15-5-7-20-6-3-4-8-22(20)24)23(26)25-16-13-19(14-17-25)18-9-11-21(27-2)12-10-18/h3-4,6,8-13H,5,7,14-17H2,1-2H3/t24-/m1/s1. The number of hydrogen-bond donors (Lipinski definition) is 0. The topological polar surface area (TPSA) is 29.5 Å². The molecule has 1 amide bonds. The van der Waals surface area contributed by atoms with E-state index >= 15 is 0 Å². The van der Waals surface area contributed by atoms with Gasteiger partial charge in [0.2, 0.25) is 5.91 Å². The van der Waals surface area contributed by atoms with Gasteiger partial charge in [0.05, 0.1) is 12.5 Å². The summed E-state index contributed by atoms with van der Waals surface area (Å²) >= 11 is 0. The Kier molecular flexibility index (Phi) is 4.77.